The van der Waals surface area contributed by atoms with Crippen molar-refractivity contribution in [3.8, 4) is 5.75 Å². The first-order chi connectivity index (χ1) is 6.81. The highest BCUT2D eigenvalue weighted by atomic mass is 32.2. The molecular weight excluding hydrogens is 198 g/mol. The van der Waals surface area contributed by atoms with Crippen LogP contribution in [0.3, 0.4) is 0 Å². The van der Waals surface area contributed by atoms with Crippen molar-refractivity contribution in [2.75, 3.05) is 12.5 Å². The number of thioether (sulfide) groups is 1. The summed E-state index contributed by atoms with van der Waals surface area (Å²) in [5, 5.41) is 0. The van der Waals surface area contributed by atoms with E-state index in [0.717, 1.165) is 10.6 Å². The Kier molecular flexibility index (Phi) is 2.74. The third-order valence-electron chi connectivity index (χ3n) is 2.07. The molecule has 1 aromatic rings. The maximum absolute atomic E-state index is 11.5. The molecule has 1 aliphatic rings. The lowest BCUT2D eigenvalue weighted by molar-refractivity contribution is 0.0985. The number of hydrogen-bond donors (Lipinski definition) is 1. The summed E-state index contributed by atoms with van der Waals surface area (Å²) in [7, 11) is 0. The topological polar surface area (TPSA) is 52.3 Å². The Bertz CT molecular complexity index is 365. The first-order valence-corrected chi connectivity index (χ1v) is 5.43. The molecule has 0 unspecified atom stereocenters. The smallest absolute Gasteiger partial charge is 0.164 e. The van der Waals surface area contributed by atoms with Crippen LogP contribution in [0, 0.1) is 0 Å². The van der Waals surface area contributed by atoms with E-state index >= 15 is 0 Å². The lowest BCUT2D eigenvalue weighted by atomic mass is 10.1. The first-order valence-electron chi connectivity index (χ1n) is 4.44. The van der Waals surface area contributed by atoms with E-state index in [-0.39, 0.29) is 5.78 Å². The van der Waals surface area contributed by atoms with Crippen molar-refractivity contribution in [1.29, 1.82) is 0 Å². The van der Waals surface area contributed by atoms with Gasteiger partial charge in [-0.25, -0.2) is 0 Å². The highest BCUT2D eigenvalue weighted by Crippen LogP contribution is 2.36. The summed E-state index contributed by atoms with van der Waals surface area (Å²) in [6.07, 6.45) is 0.395. The van der Waals surface area contributed by atoms with Crippen LogP contribution < -0.4 is 10.5 Å². The van der Waals surface area contributed by atoms with Gasteiger partial charge in [-0.3, -0.25) is 4.79 Å². The largest absolute Gasteiger partial charge is 0.481 e. The van der Waals surface area contributed by atoms with Crippen LogP contribution in [0.15, 0.2) is 23.1 Å². The molecular formula is C10H11NO2S. The van der Waals surface area contributed by atoms with Gasteiger partial charge >= 0.3 is 0 Å². The van der Waals surface area contributed by atoms with E-state index in [1.807, 2.05) is 12.1 Å². The van der Waals surface area contributed by atoms with E-state index < -0.39 is 0 Å². The molecule has 0 bridgehead atoms. The lowest BCUT2D eigenvalue weighted by Gasteiger charge is -2.01. The number of carbonyl (C=O) groups is 1. The molecule has 0 saturated carbocycles. The Balaban J connectivity index is 2.24. The second-order valence-corrected chi connectivity index (χ2v) is 3.99. The summed E-state index contributed by atoms with van der Waals surface area (Å²) < 4.78 is 5.35. The summed E-state index contributed by atoms with van der Waals surface area (Å²) in [4.78, 5) is 12.6. The zero-order chi connectivity index (χ0) is 9.97. The average molecular weight is 209 g/mol. The molecule has 0 atom stereocenters. The number of Topliss-reactive ketones (excluding diaryl/α,β-unsaturated/α-hetero) is 1. The Morgan fingerprint density at radius 3 is 3.21 bits per heavy atom. The lowest BCUT2D eigenvalue weighted by Crippen LogP contribution is -2.07. The molecule has 0 aromatic heterocycles. The van der Waals surface area contributed by atoms with Gasteiger partial charge in [0.15, 0.2) is 5.78 Å². The molecule has 1 aliphatic heterocycles. The van der Waals surface area contributed by atoms with Crippen molar-refractivity contribution in [2.24, 2.45) is 5.73 Å². The highest BCUT2D eigenvalue weighted by molar-refractivity contribution is 7.99. The summed E-state index contributed by atoms with van der Waals surface area (Å²) in [5.74, 6) is 1.54. The maximum atomic E-state index is 11.5. The predicted octanol–water partition coefficient (Wildman–Crippen LogP) is 1.66. The minimum absolute atomic E-state index is 0.0794. The maximum Gasteiger partial charge on any atom is 0.164 e. The number of ether oxygens (including phenoxy) is 1. The molecule has 0 spiro atoms. The summed E-state index contributed by atoms with van der Waals surface area (Å²) in [6.45, 7) is 0.394. The van der Waals surface area contributed by atoms with Crippen molar-refractivity contribution in [3.63, 3.8) is 0 Å². The fourth-order valence-electron chi connectivity index (χ4n) is 1.35. The Morgan fingerprint density at radius 1 is 1.57 bits per heavy atom. The van der Waals surface area contributed by atoms with Gasteiger partial charge in [0.2, 0.25) is 0 Å². The van der Waals surface area contributed by atoms with Crippen LogP contribution in [0.1, 0.15) is 16.8 Å². The van der Waals surface area contributed by atoms with E-state index in [2.05, 4.69) is 0 Å². The molecule has 4 heteroatoms. The monoisotopic (exact) mass is 209 g/mol. The molecule has 2 rings (SSSR count). The van der Waals surface area contributed by atoms with Crippen LogP contribution in [0.5, 0.6) is 5.75 Å². The van der Waals surface area contributed by atoms with E-state index in [4.69, 9.17) is 10.5 Å². The SMILES string of the molecule is NCCC(=O)c1ccc2c(c1)OCS2. The third kappa shape index (κ3) is 1.76. The Labute approximate surface area is 86.6 Å². The van der Waals surface area contributed by atoms with Gasteiger partial charge in [-0.05, 0) is 18.7 Å². The first kappa shape index (κ1) is 9.55. The fourth-order valence-corrected chi connectivity index (χ4v) is 2.08. The highest BCUT2D eigenvalue weighted by Gasteiger charge is 2.14. The Morgan fingerprint density at radius 2 is 2.43 bits per heavy atom. The Hall–Kier alpha value is -1.000. The van der Waals surface area contributed by atoms with Gasteiger partial charge in [-0.2, -0.15) is 0 Å². The van der Waals surface area contributed by atoms with Gasteiger partial charge in [-0.1, -0.05) is 17.8 Å². The summed E-state index contributed by atoms with van der Waals surface area (Å²) >= 11 is 1.64. The number of benzene rings is 1. The summed E-state index contributed by atoms with van der Waals surface area (Å²) in [6, 6.07) is 5.56. The van der Waals surface area contributed by atoms with Crippen LogP contribution >= 0.6 is 11.8 Å². The molecule has 0 saturated heterocycles. The van der Waals surface area contributed by atoms with Crippen molar-refractivity contribution in [3.05, 3.63) is 23.8 Å². The van der Waals surface area contributed by atoms with Crippen LogP contribution in [0.2, 0.25) is 0 Å². The second kappa shape index (κ2) is 4.02. The molecule has 0 fully saturated rings. The van der Waals surface area contributed by atoms with E-state index in [1.54, 1.807) is 17.8 Å². The van der Waals surface area contributed by atoms with E-state index in [0.29, 0.717) is 24.5 Å². The zero-order valence-electron chi connectivity index (χ0n) is 7.66. The van der Waals surface area contributed by atoms with Crippen LogP contribution in [0.25, 0.3) is 0 Å². The average Bonchev–Trinajstić information content (AvgIpc) is 2.64. The van der Waals surface area contributed by atoms with Gasteiger partial charge in [0.25, 0.3) is 0 Å². The number of hydrogen-bond acceptors (Lipinski definition) is 4. The zero-order valence-corrected chi connectivity index (χ0v) is 8.47. The second-order valence-electron chi connectivity index (χ2n) is 3.03. The van der Waals surface area contributed by atoms with Crippen molar-refractivity contribution >= 4 is 17.5 Å². The van der Waals surface area contributed by atoms with Gasteiger partial charge in [0.05, 0.1) is 4.90 Å². The van der Waals surface area contributed by atoms with Gasteiger partial charge in [-0.15, -0.1) is 0 Å². The predicted molar refractivity (Wildman–Crippen MR) is 55.8 cm³/mol. The van der Waals surface area contributed by atoms with E-state index in [9.17, 15) is 4.79 Å². The number of rotatable bonds is 3. The van der Waals surface area contributed by atoms with Gasteiger partial charge in [0, 0.05) is 12.0 Å². The van der Waals surface area contributed by atoms with Crippen LogP contribution in [-0.4, -0.2) is 18.3 Å². The minimum Gasteiger partial charge on any atom is -0.481 e. The minimum atomic E-state index is 0.0794. The number of carbonyl (C=O) groups excluding carboxylic acids is 1. The summed E-state index contributed by atoms with van der Waals surface area (Å²) in [5.41, 5.74) is 6.01. The number of fused-ring (bicyclic) bond motifs is 1. The fraction of sp³-hybridized carbons (Fsp3) is 0.300. The molecule has 2 N–H and O–H groups in total. The number of nitrogens with two attached hydrogens (primary N) is 1. The molecule has 3 nitrogen and oxygen atoms in total. The normalized spacial score (nSPS) is 13.5. The molecule has 0 amide bonds. The molecule has 0 aliphatic carbocycles. The van der Waals surface area contributed by atoms with Crippen molar-refractivity contribution < 1.29 is 9.53 Å². The third-order valence-corrected chi connectivity index (χ3v) is 2.95. The molecule has 1 heterocycles. The quantitative estimate of drug-likeness (QED) is 0.769. The van der Waals surface area contributed by atoms with E-state index in [1.165, 1.54) is 0 Å². The van der Waals surface area contributed by atoms with Crippen molar-refractivity contribution in [2.45, 2.75) is 11.3 Å². The van der Waals surface area contributed by atoms with Gasteiger partial charge in [0.1, 0.15) is 11.7 Å². The molecule has 0 radical (unpaired) electrons. The molecule has 1 aromatic carbocycles. The van der Waals surface area contributed by atoms with Gasteiger partial charge < -0.3 is 10.5 Å². The number of ketones is 1. The standard InChI is InChI=1S/C10H11NO2S/c11-4-3-8(12)7-1-2-10-9(5-7)13-6-14-10/h1-2,5H,3-4,6,11H2. The van der Waals surface area contributed by atoms with Crippen LogP contribution in [0.4, 0.5) is 0 Å². The molecule has 74 valence electrons. The molecule has 14 heavy (non-hydrogen) atoms. The van der Waals surface area contributed by atoms with Crippen molar-refractivity contribution in [1.82, 2.24) is 0 Å². The van der Waals surface area contributed by atoms with Crippen LogP contribution in [-0.2, 0) is 0 Å².